The van der Waals surface area contributed by atoms with E-state index in [0.717, 1.165) is 70.6 Å². The number of carbonyl (C=O) groups is 1. The molecule has 0 aromatic carbocycles. The maximum atomic E-state index is 13.1. The SMILES string of the molecule is CC/C=C\C/C=C\C/C=C\C/C=C\CCCCCCCCCCCCCCCCCCCCCCCCCCCCC(=O)NC(COP(=O)(O)OCC[N+](C)(C)C)C(O)/C=C/CC/C=C/CC/C=C/CCCCCCCCCCCCCCCC. The maximum absolute atomic E-state index is 13.1. The molecule has 0 fully saturated rings. The Kier molecular flexibility index (Phi) is 64.3. The van der Waals surface area contributed by atoms with Crippen LogP contribution in [0.1, 0.15) is 341 Å². The van der Waals surface area contributed by atoms with Crippen molar-refractivity contribution in [3.63, 3.8) is 0 Å². The van der Waals surface area contributed by atoms with Gasteiger partial charge in [-0.3, -0.25) is 13.8 Å². The van der Waals surface area contributed by atoms with Gasteiger partial charge < -0.3 is 19.8 Å². The van der Waals surface area contributed by atoms with E-state index in [1.807, 2.05) is 27.2 Å². The predicted molar refractivity (Wildman–Crippen MR) is 373 cm³/mol. The van der Waals surface area contributed by atoms with Crippen molar-refractivity contribution >= 4 is 13.7 Å². The van der Waals surface area contributed by atoms with E-state index >= 15 is 0 Å². The summed E-state index contributed by atoms with van der Waals surface area (Å²) in [5, 5.41) is 14.0. The first-order valence-corrected chi connectivity index (χ1v) is 38.0. The lowest BCUT2D eigenvalue weighted by Crippen LogP contribution is -2.45. The molecule has 0 saturated heterocycles. The molecule has 0 aliphatic carbocycles. The van der Waals surface area contributed by atoms with Gasteiger partial charge in [-0.05, 0) is 83.5 Å². The third-order valence-electron chi connectivity index (χ3n) is 16.3. The molecule has 0 rings (SSSR count). The van der Waals surface area contributed by atoms with Gasteiger partial charge in [0.1, 0.15) is 13.2 Å². The Labute approximate surface area is 528 Å². The molecular weight excluding hydrogens is 1070 g/mol. The Morgan fingerprint density at radius 3 is 1.08 bits per heavy atom. The van der Waals surface area contributed by atoms with Crippen LogP contribution in [0.5, 0.6) is 0 Å². The lowest BCUT2D eigenvalue weighted by molar-refractivity contribution is -0.870. The average molecular weight is 1210 g/mol. The number of likely N-dealkylation sites (N-methyl/N-ethyl adjacent to an activating group) is 1. The number of hydrogen-bond donors (Lipinski definition) is 3. The van der Waals surface area contributed by atoms with Gasteiger partial charge >= 0.3 is 7.82 Å². The van der Waals surface area contributed by atoms with Crippen LogP contribution in [0.4, 0.5) is 0 Å². The highest BCUT2D eigenvalue weighted by molar-refractivity contribution is 7.47. The Balaban J connectivity index is 4.00. The van der Waals surface area contributed by atoms with Crippen LogP contribution < -0.4 is 5.32 Å². The molecule has 0 aromatic heterocycles. The summed E-state index contributed by atoms with van der Waals surface area (Å²) in [4.78, 5) is 23.4. The summed E-state index contributed by atoms with van der Waals surface area (Å²) in [7, 11) is 1.55. The Morgan fingerprint density at radius 2 is 0.718 bits per heavy atom. The number of allylic oxidation sites excluding steroid dienone is 13. The third-order valence-corrected chi connectivity index (χ3v) is 17.3. The lowest BCUT2D eigenvalue weighted by Gasteiger charge is -2.25. The zero-order chi connectivity index (χ0) is 61.9. The van der Waals surface area contributed by atoms with Gasteiger partial charge in [0.25, 0.3) is 0 Å². The van der Waals surface area contributed by atoms with Crippen molar-refractivity contribution in [2.45, 2.75) is 353 Å². The van der Waals surface area contributed by atoms with Gasteiger partial charge in [-0.1, -0.05) is 336 Å². The Bertz CT molecular complexity index is 1660. The van der Waals surface area contributed by atoms with Crippen LogP contribution in [-0.2, 0) is 18.4 Å². The molecule has 0 aliphatic heterocycles. The Morgan fingerprint density at radius 1 is 0.412 bits per heavy atom. The second-order valence-electron chi connectivity index (χ2n) is 25.9. The summed E-state index contributed by atoms with van der Waals surface area (Å²) in [6.45, 7) is 4.71. The standard InChI is InChI=1S/C76H141N2O6P/c1-6-8-10-12-14-16-18-20-22-24-26-28-30-32-33-34-35-36-37-38-39-40-41-42-43-44-45-46-48-50-52-54-56-58-60-62-64-66-68-70-76(80)77-74(73-84-85(81,82)83-72-71-78(3,4)5)75(79)69-67-65-63-61-59-57-55-53-51-49-47-31-29-27-25-23-21-19-17-15-13-11-9-7-2/h8,10,14,16,20,22,26,28,51,53,59,61,67,69,74-75,79H,6-7,9,11-13,15,17-19,21,23-25,27,29-50,52,54-58,60,62-66,68,70-73H2,1-5H3,(H-,77,80,81,82)/p+1/b10-8-,16-14-,22-20-,28-26-,53-51+,61-59+,69-67+. The molecule has 85 heavy (non-hydrogen) atoms. The minimum absolute atomic E-state index is 0.0531. The first-order chi connectivity index (χ1) is 41.5. The van der Waals surface area contributed by atoms with Gasteiger partial charge in [-0.25, -0.2) is 4.57 Å². The highest BCUT2D eigenvalue weighted by Gasteiger charge is 2.28. The number of aliphatic hydroxyl groups is 1. The van der Waals surface area contributed by atoms with Crippen molar-refractivity contribution in [2.75, 3.05) is 40.9 Å². The first kappa shape index (κ1) is 82.7. The predicted octanol–water partition coefficient (Wildman–Crippen LogP) is 23.5. The van der Waals surface area contributed by atoms with E-state index in [4.69, 9.17) is 9.05 Å². The number of quaternary nitrogens is 1. The number of unbranched alkanes of at least 4 members (excludes halogenated alkanes) is 42. The third kappa shape index (κ3) is 69.0. The van der Waals surface area contributed by atoms with E-state index in [2.05, 4.69) is 92.1 Å². The number of hydrogen-bond acceptors (Lipinski definition) is 5. The summed E-state index contributed by atoms with van der Waals surface area (Å²) in [5.74, 6) is -0.186. The number of nitrogens with one attached hydrogen (secondary N) is 1. The number of nitrogens with zero attached hydrogens (tertiary/aromatic N) is 1. The number of carbonyl (C=O) groups excluding carboxylic acids is 1. The molecule has 3 N–H and O–H groups in total. The fourth-order valence-corrected chi connectivity index (χ4v) is 11.5. The normalized spacial score (nSPS) is 14.1. The highest BCUT2D eigenvalue weighted by atomic mass is 31.2. The summed E-state index contributed by atoms with van der Waals surface area (Å²) >= 11 is 0. The summed E-state index contributed by atoms with van der Waals surface area (Å²) < 4.78 is 23.8. The van der Waals surface area contributed by atoms with Crippen LogP contribution in [0.3, 0.4) is 0 Å². The van der Waals surface area contributed by atoms with Gasteiger partial charge in [-0.15, -0.1) is 0 Å². The number of amides is 1. The zero-order valence-corrected chi connectivity index (χ0v) is 57.7. The summed E-state index contributed by atoms with van der Waals surface area (Å²) in [5.41, 5.74) is 0. The molecule has 3 atom stereocenters. The van der Waals surface area contributed by atoms with Crippen LogP contribution in [0.25, 0.3) is 0 Å². The van der Waals surface area contributed by atoms with Crippen LogP contribution in [0, 0.1) is 0 Å². The van der Waals surface area contributed by atoms with Crippen LogP contribution in [-0.4, -0.2) is 73.4 Å². The molecule has 496 valence electrons. The molecule has 3 unspecified atom stereocenters. The van der Waals surface area contributed by atoms with E-state index in [9.17, 15) is 19.4 Å². The van der Waals surface area contributed by atoms with Crippen LogP contribution in [0.2, 0.25) is 0 Å². The number of aliphatic hydroxyl groups excluding tert-OH is 1. The largest absolute Gasteiger partial charge is 0.472 e. The molecule has 0 aliphatic rings. The summed E-state index contributed by atoms with van der Waals surface area (Å²) in [6, 6.07) is -0.873. The van der Waals surface area contributed by atoms with Gasteiger partial charge in [0, 0.05) is 6.42 Å². The van der Waals surface area contributed by atoms with Crippen molar-refractivity contribution < 1.29 is 32.9 Å². The second kappa shape index (κ2) is 66.1. The number of phosphoric ester groups is 1. The van der Waals surface area contributed by atoms with Crippen molar-refractivity contribution in [3.8, 4) is 0 Å². The molecule has 0 aromatic rings. The molecule has 0 saturated carbocycles. The van der Waals surface area contributed by atoms with Gasteiger partial charge in [0.15, 0.2) is 0 Å². The number of phosphoric acid groups is 1. The van der Waals surface area contributed by atoms with Gasteiger partial charge in [-0.2, -0.15) is 0 Å². The number of rotatable bonds is 67. The van der Waals surface area contributed by atoms with Gasteiger partial charge in [0.2, 0.25) is 5.91 Å². The average Bonchev–Trinajstić information content (AvgIpc) is 3.49. The van der Waals surface area contributed by atoms with Crippen LogP contribution in [0.15, 0.2) is 85.1 Å². The van der Waals surface area contributed by atoms with E-state index in [0.29, 0.717) is 17.4 Å². The summed E-state index contributed by atoms with van der Waals surface area (Å²) in [6.07, 6.45) is 94.7. The van der Waals surface area contributed by atoms with Crippen molar-refractivity contribution in [1.82, 2.24) is 5.32 Å². The molecule has 8 nitrogen and oxygen atoms in total. The smallest absolute Gasteiger partial charge is 0.387 e. The van der Waals surface area contributed by atoms with E-state index in [-0.39, 0.29) is 19.1 Å². The lowest BCUT2D eigenvalue weighted by atomic mass is 10.0. The molecular formula is C76H142N2O6P+. The minimum atomic E-state index is -4.37. The van der Waals surface area contributed by atoms with E-state index in [1.165, 1.54) is 250 Å². The molecule has 0 radical (unpaired) electrons. The first-order valence-electron chi connectivity index (χ1n) is 36.5. The molecule has 9 heteroatoms. The Hall–Kier alpha value is -2.32. The topological polar surface area (TPSA) is 105 Å². The fraction of sp³-hybridized carbons (Fsp3) is 0.803. The maximum Gasteiger partial charge on any atom is 0.472 e. The van der Waals surface area contributed by atoms with E-state index in [1.54, 1.807) is 6.08 Å². The van der Waals surface area contributed by atoms with Crippen molar-refractivity contribution in [1.29, 1.82) is 0 Å². The molecule has 0 spiro atoms. The minimum Gasteiger partial charge on any atom is -0.387 e. The second-order valence-corrected chi connectivity index (χ2v) is 27.4. The van der Waals surface area contributed by atoms with Crippen molar-refractivity contribution in [3.05, 3.63) is 85.1 Å². The molecule has 1 amide bonds. The van der Waals surface area contributed by atoms with Crippen LogP contribution >= 0.6 is 7.82 Å². The zero-order valence-electron chi connectivity index (χ0n) is 56.8. The highest BCUT2D eigenvalue weighted by Crippen LogP contribution is 2.43. The fourth-order valence-electron chi connectivity index (χ4n) is 10.7. The quantitative estimate of drug-likeness (QED) is 0.0243. The van der Waals surface area contributed by atoms with Gasteiger partial charge in [0.05, 0.1) is 39.9 Å². The monoisotopic (exact) mass is 1210 g/mol. The van der Waals surface area contributed by atoms with Crippen molar-refractivity contribution in [2.24, 2.45) is 0 Å². The molecule has 0 bridgehead atoms. The molecule has 0 heterocycles. The van der Waals surface area contributed by atoms with E-state index < -0.39 is 20.0 Å².